The summed E-state index contributed by atoms with van der Waals surface area (Å²) >= 11 is 0. The molecule has 9 nitrogen and oxygen atoms in total. The first-order valence-corrected chi connectivity index (χ1v) is 10.7. The van der Waals surface area contributed by atoms with E-state index < -0.39 is 10.0 Å². The molecule has 4 N–H and O–H groups in total. The summed E-state index contributed by atoms with van der Waals surface area (Å²) in [6.07, 6.45) is 7.55. The van der Waals surface area contributed by atoms with E-state index in [0.29, 0.717) is 19.4 Å². The Hall–Kier alpha value is -2.20. The number of hydrogen-bond donors (Lipinski definition) is 3. The van der Waals surface area contributed by atoms with Crippen molar-refractivity contribution in [3.63, 3.8) is 0 Å². The number of nitrogen functional groups attached to an aromatic ring is 1. The highest BCUT2D eigenvalue weighted by molar-refractivity contribution is 7.89. The molecule has 0 aliphatic rings. The Kier molecular flexibility index (Phi) is 7.55. The lowest BCUT2D eigenvalue weighted by atomic mass is 10.1. The Balaban J connectivity index is 1.94. The molecule has 2 aromatic heterocycles. The number of nitrogens with one attached hydrogen (secondary N) is 2. The van der Waals surface area contributed by atoms with Crippen LogP contribution in [0.25, 0.3) is 0 Å². The van der Waals surface area contributed by atoms with E-state index in [9.17, 15) is 8.42 Å². The average molecular weight is 396 g/mol. The Morgan fingerprint density at radius 3 is 2.63 bits per heavy atom. The maximum absolute atomic E-state index is 12.2. The van der Waals surface area contributed by atoms with Gasteiger partial charge >= 0.3 is 0 Å². The summed E-state index contributed by atoms with van der Waals surface area (Å²) in [5.74, 6) is 0.980. The zero-order valence-electron chi connectivity index (χ0n) is 16.2. The van der Waals surface area contributed by atoms with Gasteiger partial charge in [-0.2, -0.15) is 4.98 Å². The molecule has 27 heavy (non-hydrogen) atoms. The van der Waals surface area contributed by atoms with Crippen molar-refractivity contribution in [2.24, 2.45) is 7.05 Å². The van der Waals surface area contributed by atoms with Crippen LogP contribution in [0.5, 0.6) is 0 Å². The second kappa shape index (κ2) is 9.65. The van der Waals surface area contributed by atoms with Gasteiger partial charge in [-0.25, -0.2) is 23.1 Å². The predicted molar refractivity (Wildman–Crippen MR) is 106 cm³/mol. The van der Waals surface area contributed by atoms with Crippen LogP contribution in [-0.2, 0) is 23.5 Å². The molecule has 0 radical (unpaired) electrons. The first kappa shape index (κ1) is 21.1. The van der Waals surface area contributed by atoms with E-state index in [1.54, 1.807) is 11.6 Å². The van der Waals surface area contributed by atoms with Crippen molar-refractivity contribution in [1.82, 2.24) is 24.2 Å². The highest BCUT2D eigenvalue weighted by Crippen LogP contribution is 2.19. The van der Waals surface area contributed by atoms with E-state index in [1.807, 2.05) is 6.92 Å². The second-order valence-electron chi connectivity index (χ2n) is 6.51. The highest BCUT2D eigenvalue weighted by Gasteiger charge is 2.16. The predicted octanol–water partition coefficient (Wildman–Crippen LogP) is 1.61. The van der Waals surface area contributed by atoms with Crippen molar-refractivity contribution >= 4 is 21.8 Å². The number of nitrogens with zero attached hydrogens (tertiary/aromatic N) is 4. The maximum atomic E-state index is 12.2. The number of nitrogens with two attached hydrogens (primary N) is 1. The van der Waals surface area contributed by atoms with Crippen LogP contribution >= 0.6 is 0 Å². The van der Waals surface area contributed by atoms with Crippen LogP contribution in [0.4, 0.5) is 11.8 Å². The van der Waals surface area contributed by atoms with Gasteiger partial charge in [-0.15, -0.1) is 0 Å². The monoisotopic (exact) mass is 395 g/mol. The number of hydrogen-bond acceptors (Lipinski definition) is 7. The van der Waals surface area contributed by atoms with E-state index in [1.165, 1.54) is 12.5 Å². The van der Waals surface area contributed by atoms with Gasteiger partial charge in [-0.05, 0) is 26.2 Å². The van der Waals surface area contributed by atoms with Crippen LogP contribution in [0.3, 0.4) is 0 Å². The summed E-state index contributed by atoms with van der Waals surface area (Å²) in [5.41, 5.74) is 7.56. The maximum Gasteiger partial charge on any atom is 0.259 e. The van der Waals surface area contributed by atoms with Gasteiger partial charge in [-0.3, -0.25) is 0 Å². The van der Waals surface area contributed by atoms with Crippen molar-refractivity contribution in [3.8, 4) is 0 Å². The molecule has 0 aromatic carbocycles. The third-order valence-electron chi connectivity index (χ3n) is 4.16. The van der Waals surface area contributed by atoms with Crippen molar-refractivity contribution < 1.29 is 8.42 Å². The molecule has 0 atom stereocenters. The molecule has 0 saturated carbocycles. The van der Waals surface area contributed by atoms with Crippen LogP contribution < -0.4 is 15.8 Å². The van der Waals surface area contributed by atoms with E-state index in [0.717, 1.165) is 42.9 Å². The second-order valence-corrected chi connectivity index (χ2v) is 8.22. The molecule has 2 heterocycles. The molecule has 150 valence electrons. The molecular formula is C17H29N7O2S. The number of aryl methyl sites for hydroxylation is 2. The van der Waals surface area contributed by atoms with E-state index in [4.69, 9.17) is 5.73 Å². The Bertz CT molecular complexity index is 849. The number of rotatable bonds is 11. The summed E-state index contributed by atoms with van der Waals surface area (Å²) in [7, 11) is -1.86. The molecule has 0 aliphatic heterocycles. The number of aromatic nitrogens is 4. The van der Waals surface area contributed by atoms with Gasteiger partial charge < -0.3 is 15.6 Å². The topological polar surface area (TPSA) is 128 Å². The first-order chi connectivity index (χ1) is 12.8. The fraction of sp³-hybridized carbons (Fsp3) is 0.588. The zero-order chi connectivity index (χ0) is 19.9. The van der Waals surface area contributed by atoms with Gasteiger partial charge in [0, 0.05) is 37.6 Å². The van der Waals surface area contributed by atoms with Crippen molar-refractivity contribution in [2.75, 3.05) is 24.1 Å². The van der Waals surface area contributed by atoms with Crippen molar-refractivity contribution in [3.05, 3.63) is 23.8 Å². The van der Waals surface area contributed by atoms with Crippen molar-refractivity contribution in [1.29, 1.82) is 0 Å². The number of sulfonamides is 1. The summed E-state index contributed by atoms with van der Waals surface area (Å²) in [6.45, 7) is 5.17. The van der Waals surface area contributed by atoms with Crippen LogP contribution in [0, 0.1) is 6.92 Å². The highest BCUT2D eigenvalue weighted by atomic mass is 32.2. The lowest BCUT2D eigenvalue weighted by Gasteiger charge is -2.14. The Labute approximate surface area is 160 Å². The minimum atomic E-state index is -3.59. The summed E-state index contributed by atoms with van der Waals surface area (Å²) in [4.78, 5) is 12.4. The first-order valence-electron chi connectivity index (χ1n) is 9.18. The van der Waals surface area contributed by atoms with E-state index >= 15 is 0 Å². The largest absolute Gasteiger partial charge is 0.370 e. The van der Waals surface area contributed by atoms with E-state index in [2.05, 4.69) is 31.9 Å². The van der Waals surface area contributed by atoms with Gasteiger partial charge in [0.05, 0.1) is 6.33 Å². The Morgan fingerprint density at radius 1 is 1.19 bits per heavy atom. The lowest BCUT2D eigenvalue weighted by molar-refractivity contribution is 0.575. The van der Waals surface area contributed by atoms with Crippen LogP contribution in [0.15, 0.2) is 17.6 Å². The summed E-state index contributed by atoms with van der Waals surface area (Å²) in [5, 5.41) is 3.36. The van der Waals surface area contributed by atoms with Crippen LogP contribution in [0.2, 0.25) is 0 Å². The molecule has 0 spiro atoms. The van der Waals surface area contributed by atoms with Crippen LogP contribution in [0.1, 0.15) is 43.9 Å². The molecule has 0 saturated heterocycles. The molecule has 0 bridgehead atoms. The third kappa shape index (κ3) is 6.17. The van der Waals surface area contributed by atoms with Crippen molar-refractivity contribution in [2.45, 2.75) is 51.0 Å². The summed E-state index contributed by atoms with van der Waals surface area (Å²) in [6, 6.07) is 0. The molecule has 2 aromatic rings. The van der Waals surface area contributed by atoms with Gasteiger partial charge in [0.2, 0.25) is 5.95 Å². The molecule has 0 aliphatic carbocycles. The quantitative estimate of drug-likeness (QED) is 0.493. The SMILES string of the molecule is CCCCCNc1nc(N)nc(C)c1CCCNS(=O)(=O)c1cn(C)cn1. The fourth-order valence-corrected chi connectivity index (χ4v) is 3.77. The molecule has 0 amide bonds. The lowest BCUT2D eigenvalue weighted by Crippen LogP contribution is -2.25. The number of imidazole rings is 1. The molecule has 0 fully saturated rings. The Morgan fingerprint density at radius 2 is 1.96 bits per heavy atom. The van der Waals surface area contributed by atoms with Gasteiger partial charge in [0.15, 0.2) is 5.03 Å². The average Bonchev–Trinajstić information content (AvgIpc) is 3.04. The van der Waals surface area contributed by atoms with Gasteiger partial charge in [0.25, 0.3) is 10.0 Å². The standard InChI is InChI=1S/C17H29N7O2S/c1-4-5-6-9-19-16-14(13(2)22-17(18)23-16)8-7-10-21-27(25,26)15-11-24(3)12-20-15/h11-12,21H,4-10H2,1-3H3,(H3,18,19,22,23). The smallest absolute Gasteiger partial charge is 0.259 e. The molecule has 0 unspecified atom stereocenters. The minimum Gasteiger partial charge on any atom is -0.370 e. The van der Waals surface area contributed by atoms with Gasteiger partial charge in [0.1, 0.15) is 5.82 Å². The third-order valence-corrected chi connectivity index (χ3v) is 5.50. The number of anilines is 2. The normalized spacial score (nSPS) is 11.7. The molecule has 10 heteroatoms. The van der Waals surface area contributed by atoms with E-state index in [-0.39, 0.29) is 11.0 Å². The van der Waals surface area contributed by atoms with Gasteiger partial charge in [-0.1, -0.05) is 19.8 Å². The number of unbranched alkanes of at least 4 members (excludes halogenated alkanes) is 2. The minimum absolute atomic E-state index is 0.0234. The summed E-state index contributed by atoms with van der Waals surface area (Å²) < 4.78 is 28.6. The zero-order valence-corrected chi connectivity index (χ0v) is 17.0. The van der Waals surface area contributed by atoms with Crippen LogP contribution in [-0.4, -0.2) is 41.0 Å². The molecular weight excluding hydrogens is 366 g/mol. The molecule has 2 rings (SSSR count). The fourth-order valence-electron chi connectivity index (χ4n) is 2.72.